The molecular formula is C12H6BrF2NO3S. The zero-order valence-corrected chi connectivity index (χ0v) is 12.1. The number of anilines is 1. The number of benzene rings is 1. The Kier molecular flexibility index (Phi) is 3.14. The summed E-state index contributed by atoms with van der Waals surface area (Å²) >= 11 is 4.53. The lowest BCUT2D eigenvalue weighted by molar-refractivity contribution is -0.286. The maximum absolute atomic E-state index is 12.9. The molecule has 8 heteroatoms. The van der Waals surface area contributed by atoms with Crippen LogP contribution in [0.15, 0.2) is 34.1 Å². The Morgan fingerprint density at radius 1 is 1.20 bits per heavy atom. The fourth-order valence-electron chi connectivity index (χ4n) is 1.66. The topological polar surface area (TPSA) is 47.6 Å². The Bertz CT molecular complexity index is 689. The second-order valence-electron chi connectivity index (χ2n) is 3.89. The van der Waals surface area contributed by atoms with E-state index in [1.54, 1.807) is 12.1 Å². The maximum atomic E-state index is 12.9. The first kappa shape index (κ1) is 13.3. The van der Waals surface area contributed by atoms with E-state index in [0.29, 0.717) is 10.6 Å². The number of rotatable bonds is 2. The van der Waals surface area contributed by atoms with Gasteiger partial charge in [0.05, 0.1) is 8.66 Å². The van der Waals surface area contributed by atoms with E-state index in [0.717, 1.165) is 3.79 Å². The van der Waals surface area contributed by atoms with Crippen molar-refractivity contribution in [3.05, 3.63) is 39.0 Å². The van der Waals surface area contributed by atoms with Gasteiger partial charge in [-0.2, -0.15) is 0 Å². The van der Waals surface area contributed by atoms with Gasteiger partial charge in [-0.3, -0.25) is 4.79 Å². The summed E-state index contributed by atoms with van der Waals surface area (Å²) in [5.41, 5.74) is 0.347. The van der Waals surface area contributed by atoms with Gasteiger partial charge in [0.25, 0.3) is 5.91 Å². The fourth-order valence-corrected chi connectivity index (χ4v) is 2.94. The molecule has 0 unspecified atom stereocenters. The summed E-state index contributed by atoms with van der Waals surface area (Å²) < 4.78 is 35.1. The molecular weight excluding hydrogens is 356 g/mol. The maximum Gasteiger partial charge on any atom is 0.586 e. The van der Waals surface area contributed by atoms with Crippen LogP contribution >= 0.6 is 27.3 Å². The van der Waals surface area contributed by atoms with Crippen LogP contribution in [0.25, 0.3) is 0 Å². The van der Waals surface area contributed by atoms with Crippen LogP contribution in [0.2, 0.25) is 0 Å². The van der Waals surface area contributed by atoms with Gasteiger partial charge in [0.1, 0.15) is 0 Å². The number of carbonyl (C=O) groups excluding carboxylic acids is 1. The molecule has 0 bridgehead atoms. The van der Waals surface area contributed by atoms with Crippen molar-refractivity contribution in [3.8, 4) is 11.5 Å². The van der Waals surface area contributed by atoms with Crippen LogP contribution in [-0.4, -0.2) is 12.2 Å². The van der Waals surface area contributed by atoms with Gasteiger partial charge in [-0.1, -0.05) is 0 Å². The normalized spacial score (nSPS) is 15.2. The number of alkyl halides is 2. The van der Waals surface area contributed by atoms with E-state index >= 15 is 0 Å². The smallest absolute Gasteiger partial charge is 0.395 e. The molecule has 104 valence electrons. The van der Waals surface area contributed by atoms with Gasteiger partial charge in [0.15, 0.2) is 11.5 Å². The Labute approximate surface area is 124 Å². The number of halogens is 3. The average Bonchev–Trinajstić information content (AvgIpc) is 2.90. The summed E-state index contributed by atoms with van der Waals surface area (Å²) in [6.45, 7) is 0. The van der Waals surface area contributed by atoms with Gasteiger partial charge in [0, 0.05) is 11.8 Å². The van der Waals surface area contributed by atoms with E-state index in [9.17, 15) is 13.6 Å². The number of ether oxygens (including phenoxy) is 2. The monoisotopic (exact) mass is 361 g/mol. The molecule has 0 spiro atoms. The third kappa shape index (κ3) is 2.61. The number of carbonyl (C=O) groups is 1. The van der Waals surface area contributed by atoms with Crippen molar-refractivity contribution in [1.82, 2.24) is 0 Å². The molecule has 0 fully saturated rings. The van der Waals surface area contributed by atoms with Crippen molar-refractivity contribution in [1.29, 1.82) is 0 Å². The standard InChI is InChI=1S/C12H6BrF2NO3S/c13-10-4-3-9(20-10)11(17)16-6-1-2-7-8(5-6)19-12(14,15)18-7/h1-5H,(H,16,17). The first-order valence-corrected chi connectivity index (χ1v) is 7.00. The molecule has 20 heavy (non-hydrogen) atoms. The van der Waals surface area contributed by atoms with Gasteiger partial charge in [0.2, 0.25) is 0 Å². The van der Waals surface area contributed by atoms with Gasteiger partial charge >= 0.3 is 6.29 Å². The molecule has 2 heterocycles. The largest absolute Gasteiger partial charge is 0.586 e. The first-order valence-electron chi connectivity index (χ1n) is 5.39. The van der Waals surface area contributed by atoms with E-state index in [2.05, 4.69) is 30.7 Å². The van der Waals surface area contributed by atoms with Crippen LogP contribution in [0.4, 0.5) is 14.5 Å². The molecule has 0 saturated carbocycles. The van der Waals surface area contributed by atoms with E-state index in [-0.39, 0.29) is 17.4 Å². The van der Waals surface area contributed by atoms with Crippen molar-refractivity contribution in [2.75, 3.05) is 5.32 Å². The van der Waals surface area contributed by atoms with Crippen molar-refractivity contribution in [3.63, 3.8) is 0 Å². The van der Waals surface area contributed by atoms with Crippen LogP contribution in [-0.2, 0) is 0 Å². The zero-order chi connectivity index (χ0) is 14.3. The number of thiophene rings is 1. The second kappa shape index (κ2) is 4.71. The third-order valence-corrected chi connectivity index (χ3v) is 4.08. The van der Waals surface area contributed by atoms with Crippen molar-refractivity contribution >= 4 is 38.9 Å². The molecule has 0 saturated heterocycles. The molecule has 0 radical (unpaired) electrons. The van der Waals surface area contributed by atoms with Crippen LogP contribution in [0.1, 0.15) is 9.67 Å². The van der Waals surface area contributed by atoms with Crippen molar-refractivity contribution in [2.45, 2.75) is 6.29 Å². The number of hydrogen-bond acceptors (Lipinski definition) is 4. The van der Waals surface area contributed by atoms with Crippen LogP contribution < -0.4 is 14.8 Å². The summed E-state index contributed by atoms with van der Waals surface area (Å²) in [6, 6.07) is 7.47. The van der Waals surface area contributed by atoms with Crippen molar-refractivity contribution in [2.24, 2.45) is 0 Å². The van der Waals surface area contributed by atoms with Gasteiger partial charge < -0.3 is 14.8 Å². The zero-order valence-electron chi connectivity index (χ0n) is 9.65. The Morgan fingerprint density at radius 3 is 2.65 bits per heavy atom. The Hall–Kier alpha value is -1.67. The highest BCUT2D eigenvalue weighted by Crippen LogP contribution is 2.42. The Balaban J connectivity index is 1.78. The van der Waals surface area contributed by atoms with Crippen LogP contribution in [0, 0.1) is 0 Å². The lowest BCUT2D eigenvalue weighted by atomic mass is 10.2. The van der Waals surface area contributed by atoms with Crippen molar-refractivity contribution < 1.29 is 23.0 Å². The summed E-state index contributed by atoms with van der Waals surface area (Å²) in [7, 11) is 0. The number of amides is 1. The molecule has 1 amide bonds. The summed E-state index contributed by atoms with van der Waals surface area (Å²) in [5.74, 6) is -0.502. The quantitative estimate of drug-likeness (QED) is 0.876. The predicted molar refractivity (Wildman–Crippen MR) is 72.6 cm³/mol. The molecule has 1 N–H and O–H groups in total. The minimum absolute atomic E-state index is 0.0631. The summed E-state index contributed by atoms with van der Waals surface area (Å²) in [4.78, 5) is 12.4. The van der Waals surface area contributed by atoms with Gasteiger partial charge in [-0.05, 0) is 40.2 Å². The number of fused-ring (bicyclic) bond motifs is 1. The van der Waals surface area contributed by atoms with Crippen LogP contribution in [0.3, 0.4) is 0 Å². The molecule has 3 rings (SSSR count). The molecule has 4 nitrogen and oxygen atoms in total. The average molecular weight is 362 g/mol. The summed E-state index contributed by atoms with van der Waals surface area (Å²) in [5, 5.41) is 2.60. The molecule has 1 aromatic heterocycles. The highest BCUT2D eigenvalue weighted by Gasteiger charge is 2.43. The lowest BCUT2D eigenvalue weighted by Crippen LogP contribution is -2.25. The molecule has 2 aromatic rings. The highest BCUT2D eigenvalue weighted by molar-refractivity contribution is 9.11. The predicted octanol–water partition coefficient (Wildman–Crippen LogP) is 4.08. The Morgan fingerprint density at radius 2 is 1.95 bits per heavy atom. The SMILES string of the molecule is O=C(Nc1ccc2c(c1)OC(F)(F)O2)c1ccc(Br)s1. The summed E-state index contributed by atoms with van der Waals surface area (Å²) in [6.07, 6.45) is -3.66. The lowest BCUT2D eigenvalue weighted by Gasteiger charge is -2.05. The van der Waals surface area contributed by atoms with Gasteiger partial charge in [-0.25, -0.2) is 0 Å². The van der Waals surface area contributed by atoms with E-state index < -0.39 is 6.29 Å². The molecule has 1 aromatic carbocycles. The molecule has 1 aliphatic heterocycles. The fraction of sp³-hybridized carbons (Fsp3) is 0.0833. The number of hydrogen-bond donors (Lipinski definition) is 1. The molecule has 0 aliphatic carbocycles. The molecule has 1 aliphatic rings. The van der Waals surface area contributed by atoms with Gasteiger partial charge in [-0.15, -0.1) is 20.1 Å². The minimum Gasteiger partial charge on any atom is -0.395 e. The van der Waals surface area contributed by atoms with E-state index in [1.165, 1.54) is 29.5 Å². The van der Waals surface area contributed by atoms with Crippen LogP contribution in [0.5, 0.6) is 11.5 Å². The number of nitrogens with one attached hydrogen (secondary N) is 1. The van der Waals surface area contributed by atoms with E-state index in [1.807, 2.05) is 0 Å². The molecule has 0 atom stereocenters. The first-order chi connectivity index (χ1) is 9.43. The second-order valence-corrected chi connectivity index (χ2v) is 6.35. The van der Waals surface area contributed by atoms with E-state index in [4.69, 9.17) is 0 Å². The highest BCUT2D eigenvalue weighted by atomic mass is 79.9. The third-order valence-electron chi connectivity index (χ3n) is 2.46. The minimum atomic E-state index is -3.66.